The Labute approximate surface area is 127 Å². The van der Waals surface area contributed by atoms with Crippen molar-refractivity contribution in [3.05, 3.63) is 35.4 Å². The normalized spacial score (nSPS) is 33.9. The Morgan fingerprint density at radius 2 is 1.67 bits per heavy atom. The highest BCUT2D eigenvalue weighted by Gasteiger charge is 2.31. The van der Waals surface area contributed by atoms with Crippen LogP contribution < -0.4 is 0 Å². The van der Waals surface area contributed by atoms with Crippen molar-refractivity contribution in [2.75, 3.05) is 6.61 Å². The van der Waals surface area contributed by atoms with E-state index in [-0.39, 0.29) is 5.92 Å². The maximum absolute atomic E-state index is 13.9. The first kappa shape index (κ1) is 15.4. The molecule has 4 heteroatoms. The third kappa shape index (κ3) is 3.46. The standard InChI is InChI=1S/C17H23F2OP/c18-15-3-1-2-14(17(15)19)12-6-4-11(5-7-12)13-8-9-16(21)20-10-13/h1-3,11-13,16H,4-10,21H2. The molecule has 0 bridgehead atoms. The average Bonchev–Trinajstić information content (AvgIpc) is 2.51. The second kappa shape index (κ2) is 6.71. The first-order valence-electron chi connectivity index (χ1n) is 7.96. The first-order chi connectivity index (χ1) is 10.1. The van der Waals surface area contributed by atoms with Crippen LogP contribution in [0.4, 0.5) is 8.78 Å². The number of ether oxygens (including phenoxy) is 1. The molecule has 1 heterocycles. The van der Waals surface area contributed by atoms with Crippen LogP contribution in [0, 0.1) is 23.5 Å². The third-order valence-electron chi connectivity index (χ3n) is 5.21. The molecule has 3 rings (SSSR count). The molecule has 1 aromatic carbocycles. The predicted octanol–water partition coefficient (Wildman–Crippen LogP) is 4.87. The minimum atomic E-state index is -0.721. The number of hydrogen-bond acceptors (Lipinski definition) is 1. The van der Waals surface area contributed by atoms with Gasteiger partial charge in [-0.1, -0.05) is 12.1 Å². The van der Waals surface area contributed by atoms with Crippen molar-refractivity contribution >= 4 is 9.24 Å². The molecule has 1 saturated carbocycles. The van der Waals surface area contributed by atoms with Crippen molar-refractivity contribution < 1.29 is 13.5 Å². The molecule has 116 valence electrons. The van der Waals surface area contributed by atoms with Crippen LogP contribution in [-0.2, 0) is 4.74 Å². The zero-order valence-electron chi connectivity index (χ0n) is 12.2. The summed E-state index contributed by atoms with van der Waals surface area (Å²) in [6.07, 6.45) is 6.50. The molecule has 3 unspecified atom stereocenters. The van der Waals surface area contributed by atoms with Gasteiger partial charge < -0.3 is 4.74 Å². The monoisotopic (exact) mass is 312 g/mol. The van der Waals surface area contributed by atoms with Crippen LogP contribution in [0.1, 0.15) is 50.0 Å². The summed E-state index contributed by atoms with van der Waals surface area (Å²) in [4.78, 5) is 0. The van der Waals surface area contributed by atoms with Gasteiger partial charge in [0.25, 0.3) is 0 Å². The van der Waals surface area contributed by atoms with Crippen molar-refractivity contribution in [3.63, 3.8) is 0 Å². The van der Waals surface area contributed by atoms with E-state index in [9.17, 15) is 8.78 Å². The molecule has 0 amide bonds. The second-order valence-corrected chi connectivity index (χ2v) is 7.21. The summed E-state index contributed by atoms with van der Waals surface area (Å²) in [6.45, 7) is 0.859. The largest absolute Gasteiger partial charge is 0.374 e. The quantitative estimate of drug-likeness (QED) is 0.708. The van der Waals surface area contributed by atoms with Crippen LogP contribution in [0.5, 0.6) is 0 Å². The van der Waals surface area contributed by atoms with Crippen molar-refractivity contribution in [3.8, 4) is 0 Å². The van der Waals surface area contributed by atoms with Crippen molar-refractivity contribution in [2.45, 2.75) is 50.3 Å². The summed E-state index contributed by atoms with van der Waals surface area (Å²) >= 11 is 0. The first-order valence-corrected chi connectivity index (χ1v) is 8.63. The van der Waals surface area contributed by atoms with E-state index in [4.69, 9.17) is 4.74 Å². The van der Waals surface area contributed by atoms with E-state index in [1.807, 2.05) is 0 Å². The lowest BCUT2D eigenvalue weighted by molar-refractivity contribution is 0.00342. The highest BCUT2D eigenvalue weighted by atomic mass is 31.0. The fourth-order valence-corrected chi connectivity index (χ4v) is 4.20. The molecule has 0 radical (unpaired) electrons. The summed E-state index contributed by atoms with van der Waals surface area (Å²) in [7, 11) is 2.74. The van der Waals surface area contributed by atoms with Gasteiger partial charge in [0.05, 0.1) is 12.5 Å². The van der Waals surface area contributed by atoms with Gasteiger partial charge in [-0.05, 0) is 67.9 Å². The van der Waals surface area contributed by atoms with E-state index in [1.54, 1.807) is 12.1 Å². The second-order valence-electron chi connectivity index (χ2n) is 6.46. The molecule has 2 aliphatic rings. The molecular weight excluding hydrogens is 289 g/mol. The SMILES string of the molecule is Fc1cccc(C2CCC(C3CCC(P)OC3)CC2)c1F. The summed E-state index contributed by atoms with van der Waals surface area (Å²) < 4.78 is 33.0. The number of hydrogen-bond donors (Lipinski definition) is 0. The van der Waals surface area contributed by atoms with Gasteiger partial charge >= 0.3 is 0 Å². The van der Waals surface area contributed by atoms with Crippen LogP contribution >= 0.6 is 9.24 Å². The lowest BCUT2D eigenvalue weighted by Gasteiger charge is -2.37. The minimum Gasteiger partial charge on any atom is -0.374 e. The molecule has 1 nitrogen and oxygen atoms in total. The molecule has 0 N–H and O–H groups in total. The van der Waals surface area contributed by atoms with Gasteiger partial charge in [-0.3, -0.25) is 0 Å². The summed E-state index contributed by atoms with van der Waals surface area (Å²) in [5.41, 5.74) is 0.568. The molecule has 1 aliphatic carbocycles. The van der Waals surface area contributed by atoms with E-state index >= 15 is 0 Å². The van der Waals surface area contributed by atoms with Gasteiger partial charge in [0, 0.05) is 0 Å². The Hall–Kier alpha value is -0.530. The topological polar surface area (TPSA) is 9.23 Å². The lowest BCUT2D eigenvalue weighted by Crippen LogP contribution is -2.30. The Bertz CT molecular complexity index is 478. The van der Waals surface area contributed by atoms with Crippen molar-refractivity contribution in [1.29, 1.82) is 0 Å². The van der Waals surface area contributed by atoms with Crippen molar-refractivity contribution in [1.82, 2.24) is 0 Å². The van der Waals surface area contributed by atoms with E-state index in [0.717, 1.165) is 38.7 Å². The van der Waals surface area contributed by atoms with Crippen LogP contribution in [0.25, 0.3) is 0 Å². The maximum Gasteiger partial charge on any atom is 0.162 e. The molecular formula is C17H23F2OP. The van der Waals surface area contributed by atoms with Gasteiger partial charge in [0.15, 0.2) is 11.6 Å². The Balaban J connectivity index is 1.59. The highest BCUT2D eigenvalue weighted by molar-refractivity contribution is 7.17. The van der Waals surface area contributed by atoms with Gasteiger partial charge in [0.2, 0.25) is 0 Å². The minimum absolute atomic E-state index is 0.177. The molecule has 1 saturated heterocycles. The maximum atomic E-state index is 13.9. The van der Waals surface area contributed by atoms with Crippen LogP contribution in [0.2, 0.25) is 0 Å². The summed E-state index contributed by atoms with van der Waals surface area (Å²) in [5, 5.41) is 0. The predicted molar refractivity (Wildman–Crippen MR) is 83.2 cm³/mol. The fourth-order valence-electron chi connectivity index (χ4n) is 3.90. The highest BCUT2D eigenvalue weighted by Crippen LogP contribution is 2.42. The van der Waals surface area contributed by atoms with Crippen molar-refractivity contribution in [2.24, 2.45) is 11.8 Å². The van der Waals surface area contributed by atoms with Crippen LogP contribution in [0.15, 0.2) is 18.2 Å². The molecule has 0 aromatic heterocycles. The average molecular weight is 312 g/mol. The number of rotatable bonds is 2. The Morgan fingerprint density at radius 3 is 2.33 bits per heavy atom. The Morgan fingerprint density at radius 1 is 0.952 bits per heavy atom. The summed E-state index contributed by atoms with van der Waals surface area (Å²) in [6, 6.07) is 4.56. The van der Waals surface area contributed by atoms with Crippen LogP contribution in [-0.4, -0.2) is 12.5 Å². The lowest BCUT2D eigenvalue weighted by atomic mass is 9.72. The van der Waals surface area contributed by atoms with E-state index in [1.165, 1.54) is 12.5 Å². The molecule has 2 fully saturated rings. The zero-order valence-corrected chi connectivity index (χ0v) is 13.4. The zero-order chi connectivity index (χ0) is 14.8. The van der Waals surface area contributed by atoms with E-state index < -0.39 is 11.6 Å². The Kier molecular flexibility index (Phi) is 4.91. The smallest absolute Gasteiger partial charge is 0.162 e. The summed E-state index contributed by atoms with van der Waals surface area (Å²) in [5.74, 6) is 0.472. The third-order valence-corrected chi connectivity index (χ3v) is 5.73. The van der Waals surface area contributed by atoms with Gasteiger partial charge in [-0.25, -0.2) is 8.78 Å². The van der Waals surface area contributed by atoms with Gasteiger partial charge in [-0.2, -0.15) is 0 Å². The molecule has 1 aromatic rings. The number of halogens is 2. The fraction of sp³-hybridized carbons (Fsp3) is 0.647. The van der Waals surface area contributed by atoms with Gasteiger partial charge in [-0.15, -0.1) is 9.24 Å². The molecule has 21 heavy (non-hydrogen) atoms. The van der Waals surface area contributed by atoms with Gasteiger partial charge in [0.1, 0.15) is 0 Å². The molecule has 3 atom stereocenters. The van der Waals surface area contributed by atoms with E-state index in [0.29, 0.717) is 23.2 Å². The molecule has 1 aliphatic heterocycles. The van der Waals surface area contributed by atoms with E-state index in [2.05, 4.69) is 9.24 Å². The van der Waals surface area contributed by atoms with Crippen LogP contribution in [0.3, 0.4) is 0 Å². The number of benzene rings is 1. The molecule has 0 spiro atoms.